The maximum Gasteiger partial charge on any atom is 0.261 e. The Labute approximate surface area is 133 Å². The van der Waals surface area contributed by atoms with Crippen LogP contribution in [0.4, 0.5) is 5.69 Å². The summed E-state index contributed by atoms with van der Waals surface area (Å²) in [6.45, 7) is -0.102. The van der Waals surface area contributed by atoms with E-state index in [1.807, 2.05) is 18.2 Å². The number of thiophene rings is 1. The van der Waals surface area contributed by atoms with Gasteiger partial charge in [-0.15, -0.1) is 11.3 Å². The van der Waals surface area contributed by atoms with Gasteiger partial charge in [0, 0.05) is 4.47 Å². The Balaban J connectivity index is 1.87. The minimum absolute atomic E-state index is 0.102. The summed E-state index contributed by atoms with van der Waals surface area (Å²) in [5.74, 6) is -0.614. The molecule has 2 rings (SSSR count). The maximum atomic E-state index is 11.7. The minimum atomic E-state index is -0.316. The molecule has 1 aromatic carbocycles. The van der Waals surface area contributed by atoms with E-state index in [1.165, 1.54) is 11.3 Å². The topological polar surface area (TPSA) is 58.2 Å². The first-order valence-corrected chi connectivity index (χ1v) is 7.63. The number of carbonyl (C=O) groups is 2. The molecule has 7 heteroatoms. The highest BCUT2D eigenvalue weighted by atomic mass is 79.9. The van der Waals surface area contributed by atoms with Crippen molar-refractivity contribution in [1.29, 1.82) is 0 Å². The quantitative estimate of drug-likeness (QED) is 0.861. The maximum absolute atomic E-state index is 11.7. The second kappa shape index (κ2) is 6.88. The molecule has 2 N–H and O–H groups in total. The number of halogens is 2. The fourth-order valence-corrected chi connectivity index (χ4v) is 2.78. The predicted octanol–water partition coefficient (Wildman–Crippen LogP) is 3.53. The summed E-state index contributed by atoms with van der Waals surface area (Å²) >= 11 is 10.2. The molecular formula is C13H10BrClN2O2S. The van der Waals surface area contributed by atoms with Gasteiger partial charge in [-0.25, -0.2) is 0 Å². The fraction of sp³-hybridized carbons (Fsp3) is 0.0769. The van der Waals surface area contributed by atoms with E-state index in [-0.39, 0.29) is 18.4 Å². The normalized spacial score (nSPS) is 10.1. The third kappa shape index (κ3) is 4.06. The average Bonchev–Trinajstić information content (AvgIpc) is 2.85. The van der Waals surface area contributed by atoms with E-state index >= 15 is 0 Å². The zero-order chi connectivity index (χ0) is 14.5. The monoisotopic (exact) mass is 372 g/mol. The number of nitrogens with one attached hydrogen (secondary N) is 2. The lowest BCUT2D eigenvalue weighted by Crippen LogP contribution is -2.32. The van der Waals surface area contributed by atoms with Crippen LogP contribution in [-0.4, -0.2) is 18.4 Å². The van der Waals surface area contributed by atoms with Gasteiger partial charge >= 0.3 is 0 Å². The molecule has 0 aliphatic carbocycles. The molecule has 0 fully saturated rings. The van der Waals surface area contributed by atoms with Crippen molar-refractivity contribution in [2.45, 2.75) is 0 Å². The Hall–Kier alpha value is -1.37. The zero-order valence-corrected chi connectivity index (χ0v) is 13.3. The molecule has 0 unspecified atom stereocenters. The zero-order valence-electron chi connectivity index (χ0n) is 10.2. The average molecular weight is 374 g/mol. The van der Waals surface area contributed by atoms with Crippen molar-refractivity contribution in [3.05, 3.63) is 50.1 Å². The molecule has 1 heterocycles. The lowest BCUT2D eigenvalue weighted by atomic mass is 10.3. The molecule has 0 saturated carbocycles. The van der Waals surface area contributed by atoms with E-state index in [0.29, 0.717) is 14.9 Å². The van der Waals surface area contributed by atoms with Gasteiger partial charge in [-0.05, 0) is 40.2 Å². The van der Waals surface area contributed by atoms with Crippen LogP contribution in [0, 0.1) is 0 Å². The van der Waals surface area contributed by atoms with Crippen LogP contribution < -0.4 is 10.6 Å². The van der Waals surface area contributed by atoms with Crippen LogP contribution in [0.2, 0.25) is 4.34 Å². The lowest BCUT2D eigenvalue weighted by Gasteiger charge is -2.07. The SMILES string of the molecule is O=C(CNC(=O)c1ccc(Cl)s1)Nc1ccccc1Br. The summed E-state index contributed by atoms with van der Waals surface area (Å²) in [6, 6.07) is 10.5. The van der Waals surface area contributed by atoms with Crippen molar-refractivity contribution in [3.63, 3.8) is 0 Å². The number of hydrogen-bond acceptors (Lipinski definition) is 3. The summed E-state index contributed by atoms with van der Waals surface area (Å²) < 4.78 is 1.32. The third-order valence-corrected chi connectivity index (χ3v) is 4.28. The Morgan fingerprint density at radius 2 is 1.95 bits per heavy atom. The second-order valence-corrected chi connectivity index (χ2v) is 6.38. The highest BCUT2D eigenvalue weighted by Gasteiger charge is 2.11. The molecule has 0 saturated heterocycles. The number of hydrogen-bond donors (Lipinski definition) is 2. The van der Waals surface area contributed by atoms with Crippen LogP contribution >= 0.6 is 38.9 Å². The Morgan fingerprint density at radius 3 is 2.60 bits per heavy atom. The van der Waals surface area contributed by atoms with E-state index in [9.17, 15) is 9.59 Å². The van der Waals surface area contributed by atoms with E-state index in [4.69, 9.17) is 11.6 Å². The number of anilines is 1. The predicted molar refractivity (Wildman–Crippen MR) is 84.4 cm³/mol. The first kappa shape index (κ1) is 15.0. The molecule has 0 spiro atoms. The van der Waals surface area contributed by atoms with Crippen LogP contribution in [0.1, 0.15) is 9.67 Å². The van der Waals surface area contributed by atoms with Crippen LogP contribution in [0.25, 0.3) is 0 Å². The smallest absolute Gasteiger partial charge is 0.261 e. The van der Waals surface area contributed by atoms with Crippen LogP contribution in [-0.2, 0) is 4.79 Å². The number of carbonyl (C=O) groups excluding carboxylic acids is 2. The summed E-state index contributed by atoms with van der Waals surface area (Å²) in [5.41, 5.74) is 0.658. The van der Waals surface area contributed by atoms with Gasteiger partial charge in [0.05, 0.1) is 21.4 Å². The molecule has 4 nitrogen and oxygen atoms in total. The van der Waals surface area contributed by atoms with Crippen molar-refractivity contribution in [2.75, 3.05) is 11.9 Å². The van der Waals surface area contributed by atoms with E-state index in [2.05, 4.69) is 26.6 Å². The molecule has 20 heavy (non-hydrogen) atoms. The summed E-state index contributed by atoms with van der Waals surface area (Å²) in [7, 11) is 0. The molecule has 0 aliphatic heterocycles. The van der Waals surface area contributed by atoms with Gasteiger partial charge in [-0.3, -0.25) is 9.59 Å². The molecule has 0 atom stereocenters. The number of para-hydroxylation sites is 1. The number of amides is 2. The summed E-state index contributed by atoms with van der Waals surface area (Å²) in [5, 5.41) is 5.24. The van der Waals surface area contributed by atoms with Crippen LogP contribution in [0.3, 0.4) is 0 Å². The van der Waals surface area contributed by atoms with Crippen molar-refractivity contribution in [2.24, 2.45) is 0 Å². The highest BCUT2D eigenvalue weighted by molar-refractivity contribution is 9.10. The molecule has 0 aliphatic rings. The van der Waals surface area contributed by atoms with Gasteiger partial charge in [0.25, 0.3) is 5.91 Å². The Bertz CT molecular complexity index is 645. The first-order chi connectivity index (χ1) is 9.56. The summed E-state index contributed by atoms with van der Waals surface area (Å²) in [4.78, 5) is 23.9. The highest BCUT2D eigenvalue weighted by Crippen LogP contribution is 2.22. The third-order valence-electron chi connectivity index (χ3n) is 2.35. The second-order valence-electron chi connectivity index (χ2n) is 3.81. The Morgan fingerprint density at radius 1 is 1.20 bits per heavy atom. The standard InChI is InChI=1S/C13H10BrClN2O2S/c14-8-3-1-2-4-9(8)17-12(18)7-16-13(19)10-5-6-11(15)20-10/h1-6H,7H2,(H,16,19)(H,17,18). The fourth-order valence-electron chi connectivity index (χ4n) is 1.44. The molecule has 2 aromatic rings. The number of rotatable bonds is 4. The molecular weight excluding hydrogens is 364 g/mol. The van der Waals surface area contributed by atoms with Gasteiger partial charge in [0.15, 0.2) is 0 Å². The largest absolute Gasteiger partial charge is 0.342 e. The van der Waals surface area contributed by atoms with Crippen molar-refractivity contribution in [1.82, 2.24) is 5.32 Å². The van der Waals surface area contributed by atoms with E-state index in [0.717, 1.165) is 4.47 Å². The molecule has 2 amide bonds. The van der Waals surface area contributed by atoms with Gasteiger partial charge in [-0.2, -0.15) is 0 Å². The van der Waals surface area contributed by atoms with E-state index < -0.39 is 0 Å². The van der Waals surface area contributed by atoms with Gasteiger partial charge in [0.1, 0.15) is 0 Å². The molecule has 0 radical (unpaired) electrons. The van der Waals surface area contributed by atoms with Crippen molar-refractivity contribution in [3.8, 4) is 0 Å². The minimum Gasteiger partial charge on any atom is -0.342 e. The Kier molecular flexibility index (Phi) is 5.17. The van der Waals surface area contributed by atoms with Crippen molar-refractivity contribution < 1.29 is 9.59 Å². The van der Waals surface area contributed by atoms with Gasteiger partial charge in [-0.1, -0.05) is 23.7 Å². The molecule has 0 bridgehead atoms. The van der Waals surface area contributed by atoms with Gasteiger partial charge in [0.2, 0.25) is 5.91 Å². The van der Waals surface area contributed by atoms with Crippen LogP contribution in [0.15, 0.2) is 40.9 Å². The lowest BCUT2D eigenvalue weighted by molar-refractivity contribution is -0.115. The van der Waals surface area contributed by atoms with Gasteiger partial charge < -0.3 is 10.6 Å². The number of benzene rings is 1. The molecule has 1 aromatic heterocycles. The van der Waals surface area contributed by atoms with Crippen molar-refractivity contribution >= 4 is 56.4 Å². The molecule has 104 valence electrons. The first-order valence-electron chi connectivity index (χ1n) is 5.64. The van der Waals surface area contributed by atoms with E-state index in [1.54, 1.807) is 18.2 Å². The van der Waals surface area contributed by atoms with Crippen LogP contribution in [0.5, 0.6) is 0 Å². The summed E-state index contributed by atoms with van der Waals surface area (Å²) in [6.07, 6.45) is 0.